The van der Waals surface area contributed by atoms with Gasteiger partial charge in [0.1, 0.15) is 0 Å². The van der Waals surface area contributed by atoms with Crippen molar-refractivity contribution in [2.75, 3.05) is 7.11 Å². The van der Waals surface area contributed by atoms with E-state index in [9.17, 15) is 9.59 Å². The van der Waals surface area contributed by atoms with Crippen molar-refractivity contribution in [1.29, 1.82) is 0 Å². The number of methoxy groups -OCH3 is 1. The second kappa shape index (κ2) is 9.82. The van der Waals surface area contributed by atoms with Gasteiger partial charge >= 0.3 is 5.97 Å². The Labute approximate surface area is 258 Å². The third-order valence-electron chi connectivity index (χ3n) is 14.5. The number of hydrogen-bond donors (Lipinski definition) is 0. The van der Waals surface area contributed by atoms with Crippen molar-refractivity contribution >= 4 is 29.4 Å². The summed E-state index contributed by atoms with van der Waals surface area (Å²) in [6.07, 6.45) is 11.5. The highest BCUT2D eigenvalue weighted by Gasteiger charge is 2.72. The topological polar surface area (TPSA) is 43.4 Å². The molecule has 228 valence electrons. The normalized spacial score (nSPS) is 44.9. The Morgan fingerprint density at radius 2 is 1.62 bits per heavy atom. The predicted octanol–water partition coefficient (Wildman–Crippen LogP) is 9.73. The summed E-state index contributed by atoms with van der Waals surface area (Å²) in [5.41, 5.74) is 2.83. The van der Waals surface area contributed by atoms with E-state index in [0.29, 0.717) is 40.4 Å². The molecule has 9 atom stereocenters. The molecule has 0 N–H and O–H groups in total. The van der Waals surface area contributed by atoms with Gasteiger partial charge in [0, 0.05) is 10.4 Å². The zero-order chi connectivity index (χ0) is 30.5. The first-order chi connectivity index (χ1) is 19.7. The molecular formula is C38H51ClO3. The Hall–Kier alpha value is -1.87. The highest BCUT2D eigenvalue weighted by atomic mass is 35.5. The van der Waals surface area contributed by atoms with Crippen molar-refractivity contribution in [1.82, 2.24) is 0 Å². The number of rotatable bonds is 3. The van der Waals surface area contributed by atoms with Crippen molar-refractivity contribution in [3.63, 3.8) is 0 Å². The molecule has 4 heteroatoms. The molecule has 0 amide bonds. The number of allylic oxidation sites excluding steroid dienone is 2. The van der Waals surface area contributed by atoms with Crippen molar-refractivity contribution in [2.24, 2.45) is 56.7 Å². The van der Waals surface area contributed by atoms with Crippen LogP contribution in [0.25, 0.3) is 6.08 Å². The third kappa shape index (κ3) is 3.90. The summed E-state index contributed by atoms with van der Waals surface area (Å²) in [6, 6.07) is 7.87. The number of benzene rings is 1. The fraction of sp³-hybridized carbons (Fsp3) is 0.684. The first kappa shape index (κ1) is 30.2. The fourth-order valence-corrected chi connectivity index (χ4v) is 12.6. The van der Waals surface area contributed by atoms with Crippen LogP contribution in [0.2, 0.25) is 5.02 Å². The van der Waals surface area contributed by atoms with Crippen LogP contribution in [0.3, 0.4) is 0 Å². The van der Waals surface area contributed by atoms with Crippen LogP contribution < -0.4 is 0 Å². The van der Waals surface area contributed by atoms with E-state index in [1.165, 1.54) is 12.0 Å². The number of hydrogen-bond acceptors (Lipinski definition) is 3. The van der Waals surface area contributed by atoms with Crippen LogP contribution >= 0.6 is 11.6 Å². The number of carbonyl (C=O) groups is 2. The van der Waals surface area contributed by atoms with Crippen molar-refractivity contribution in [2.45, 2.75) is 99.3 Å². The van der Waals surface area contributed by atoms with Crippen LogP contribution in [0, 0.1) is 56.7 Å². The molecule has 1 aromatic carbocycles. The molecule has 42 heavy (non-hydrogen) atoms. The Morgan fingerprint density at radius 1 is 0.929 bits per heavy atom. The lowest BCUT2D eigenvalue weighted by molar-refractivity contribution is -0.232. The molecular weight excluding hydrogens is 540 g/mol. The molecule has 5 aliphatic rings. The van der Waals surface area contributed by atoms with Gasteiger partial charge < -0.3 is 4.74 Å². The number of carbonyl (C=O) groups excluding carboxylic acids is 2. The predicted molar refractivity (Wildman–Crippen MR) is 171 cm³/mol. The number of fused-ring (bicyclic) bond motifs is 7. The molecule has 0 spiro atoms. The van der Waals surface area contributed by atoms with Gasteiger partial charge in [0.15, 0.2) is 5.78 Å². The molecule has 5 fully saturated rings. The second-order valence-corrected chi connectivity index (χ2v) is 16.7. The second-order valence-electron chi connectivity index (χ2n) is 16.3. The van der Waals surface area contributed by atoms with Gasteiger partial charge in [-0.2, -0.15) is 0 Å². The molecule has 5 saturated carbocycles. The highest BCUT2D eigenvalue weighted by molar-refractivity contribution is 6.30. The summed E-state index contributed by atoms with van der Waals surface area (Å²) < 4.78 is 5.54. The van der Waals surface area contributed by atoms with Crippen molar-refractivity contribution in [3.05, 3.63) is 52.6 Å². The van der Waals surface area contributed by atoms with Crippen molar-refractivity contribution in [3.8, 4) is 0 Å². The maximum atomic E-state index is 14.1. The molecule has 0 bridgehead atoms. The summed E-state index contributed by atoms with van der Waals surface area (Å²) in [6.45, 7) is 18.8. The van der Waals surface area contributed by atoms with E-state index in [1.54, 1.807) is 7.11 Å². The lowest BCUT2D eigenvalue weighted by Gasteiger charge is -2.72. The largest absolute Gasteiger partial charge is 0.469 e. The van der Waals surface area contributed by atoms with E-state index in [1.807, 2.05) is 24.3 Å². The minimum absolute atomic E-state index is 0.0192. The number of halogens is 1. The number of esters is 1. The van der Waals surface area contributed by atoms with Crippen LogP contribution in [0.15, 0.2) is 42.0 Å². The number of ketones is 1. The zero-order valence-corrected chi connectivity index (χ0v) is 27.7. The molecule has 0 saturated heterocycles. The Kier molecular flexibility index (Phi) is 7.05. The average Bonchev–Trinajstić information content (AvgIpc) is 3.34. The molecule has 0 aliphatic heterocycles. The van der Waals surface area contributed by atoms with Gasteiger partial charge in [0.25, 0.3) is 0 Å². The van der Waals surface area contributed by atoms with Gasteiger partial charge in [0.05, 0.1) is 12.5 Å². The smallest absolute Gasteiger partial charge is 0.312 e. The van der Waals surface area contributed by atoms with Gasteiger partial charge in [-0.3, -0.25) is 9.59 Å². The number of ether oxygens (including phenoxy) is 1. The minimum atomic E-state index is -0.395. The van der Waals surface area contributed by atoms with E-state index in [0.717, 1.165) is 62.5 Å². The Balaban J connectivity index is 1.41. The molecule has 3 nitrogen and oxygen atoms in total. The van der Waals surface area contributed by atoms with Crippen molar-refractivity contribution < 1.29 is 14.3 Å². The van der Waals surface area contributed by atoms with Crippen LogP contribution in [0.4, 0.5) is 0 Å². The van der Waals surface area contributed by atoms with E-state index in [4.69, 9.17) is 16.3 Å². The lowest BCUT2D eigenvalue weighted by Crippen LogP contribution is -2.67. The first-order valence-electron chi connectivity index (χ1n) is 16.4. The van der Waals surface area contributed by atoms with E-state index >= 15 is 0 Å². The van der Waals surface area contributed by atoms with Gasteiger partial charge in [-0.1, -0.05) is 70.5 Å². The fourth-order valence-electron chi connectivity index (χ4n) is 12.4. The summed E-state index contributed by atoms with van der Waals surface area (Å²) in [5, 5.41) is 0.715. The molecule has 0 radical (unpaired) electrons. The minimum Gasteiger partial charge on any atom is -0.469 e. The van der Waals surface area contributed by atoms with Crippen LogP contribution in [0.5, 0.6) is 0 Å². The quantitative estimate of drug-likeness (QED) is 0.200. The zero-order valence-electron chi connectivity index (χ0n) is 26.9. The summed E-state index contributed by atoms with van der Waals surface area (Å²) >= 11 is 6.18. The van der Waals surface area contributed by atoms with Gasteiger partial charge in [-0.15, -0.1) is 0 Å². The van der Waals surface area contributed by atoms with E-state index in [-0.39, 0.29) is 27.6 Å². The Bertz CT molecular complexity index is 1340. The van der Waals surface area contributed by atoms with Crippen LogP contribution in [-0.2, 0) is 14.3 Å². The number of Topliss-reactive ketones (excluding diaryl/α,β-unsaturated/α-hetero) is 1. The highest BCUT2D eigenvalue weighted by Crippen LogP contribution is 2.77. The molecule has 5 aliphatic carbocycles. The van der Waals surface area contributed by atoms with Crippen LogP contribution in [-0.4, -0.2) is 18.9 Å². The monoisotopic (exact) mass is 590 g/mol. The van der Waals surface area contributed by atoms with Gasteiger partial charge in [-0.25, -0.2) is 0 Å². The average molecular weight is 591 g/mol. The molecule has 1 aromatic rings. The molecule has 0 unspecified atom stereocenters. The third-order valence-corrected chi connectivity index (χ3v) is 14.7. The molecule has 0 heterocycles. The lowest BCUT2D eigenvalue weighted by atomic mass is 9.32. The maximum absolute atomic E-state index is 14.1. The van der Waals surface area contributed by atoms with E-state index < -0.39 is 5.41 Å². The first-order valence-corrected chi connectivity index (χ1v) is 16.8. The summed E-state index contributed by atoms with van der Waals surface area (Å²) in [7, 11) is 1.58. The van der Waals surface area contributed by atoms with Gasteiger partial charge in [0.2, 0.25) is 0 Å². The summed E-state index contributed by atoms with van der Waals surface area (Å²) in [5.74, 6) is 2.42. The maximum Gasteiger partial charge on any atom is 0.312 e. The Morgan fingerprint density at radius 3 is 2.26 bits per heavy atom. The van der Waals surface area contributed by atoms with Crippen LogP contribution in [0.1, 0.15) is 105 Å². The SMILES string of the molecule is C=C(C)[C@@H]1CC[C@]2(C(=O)OC)CC[C@]3(C)[C@H](CC[C@@H]4[C@@]5(C)C/C(=C\c6ccc(Cl)cc6)C(=O)C(C)(C)[C@@H]5CC[C@]43C)[C@H]12. The molecule has 6 rings (SSSR count). The summed E-state index contributed by atoms with van der Waals surface area (Å²) in [4.78, 5) is 27.6. The standard InChI is InChI=1S/C38H51ClO3/c1-23(2)27-15-18-38(33(41)42-8)20-19-36(6)28(31(27)38)13-14-30-35(5)22-25(21-24-9-11-26(39)12-10-24)32(40)34(3,4)29(35)16-17-37(30,36)7/h9-12,21,27-31H,1,13-20,22H2,2-8H3/b25-21+/t27-,28+,29-,30+,31-,35-,36+,37+,38-/m0/s1. The molecule has 0 aromatic heterocycles. The van der Waals surface area contributed by atoms with Gasteiger partial charge in [-0.05, 0) is 140 Å². The van der Waals surface area contributed by atoms with E-state index in [2.05, 4.69) is 54.2 Å².